The van der Waals surface area contributed by atoms with E-state index in [1.165, 1.54) is 6.92 Å². The Morgan fingerprint density at radius 2 is 1.88 bits per heavy atom. The summed E-state index contributed by atoms with van der Waals surface area (Å²) in [7, 11) is 0. The number of aromatic nitrogens is 3. The van der Waals surface area contributed by atoms with Gasteiger partial charge in [-0.2, -0.15) is 0 Å². The summed E-state index contributed by atoms with van der Waals surface area (Å²) in [6, 6.07) is 19.7. The van der Waals surface area contributed by atoms with Crippen LogP contribution >= 0.6 is 11.6 Å². The fraction of sp³-hybridized carbons (Fsp3) is 0.387. The van der Waals surface area contributed by atoms with E-state index in [1.54, 1.807) is 0 Å². The highest BCUT2D eigenvalue weighted by Crippen LogP contribution is 2.30. The molecule has 1 atom stereocenters. The second-order valence-electron chi connectivity index (χ2n) is 10.7. The number of imidazole rings is 1. The molecule has 1 amide bonds. The van der Waals surface area contributed by atoms with Crippen molar-refractivity contribution < 1.29 is 14.3 Å². The number of carbonyl (C=O) groups is 1. The Labute approximate surface area is 239 Å². The molecule has 4 aromatic rings. The third-order valence-corrected chi connectivity index (χ3v) is 8.00. The van der Waals surface area contributed by atoms with Gasteiger partial charge in [0.25, 0.3) is 0 Å². The lowest BCUT2D eigenvalue weighted by atomic mass is 9.93. The minimum absolute atomic E-state index is 0.0853. The first kappa shape index (κ1) is 26.7. The first-order valence-corrected chi connectivity index (χ1v) is 14.3. The summed E-state index contributed by atoms with van der Waals surface area (Å²) in [5, 5.41) is 3.59. The molecule has 2 fully saturated rings. The van der Waals surface area contributed by atoms with Gasteiger partial charge in [-0.05, 0) is 74.3 Å². The van der Waals surface area contributed by atoms with Crippen LogP contribution < -0.4 is 10.1 Å². The van der Waals surface area contributed by atoms with Crippen LogP contribution in [0.2, 0.25) is 5.02 Å². The summed E-state index contributed by atoms with van der Waals surface area (Å²) >= 11 is 5.99. The molecule has 4 heterocycles. The molecule has 0 spiro atoms. The van der Waals surface area contributed by atoms with Crippen LogP contribution in [0.3, 0.4) is 0 Å². The minimum Gasteiger partial charge on any atom is -0.473 e. The average Bonchev–Trinajstić information content (AvgIpc) is 3.26. The van der Waals surface area contributed by atoms with Crippen LogP contribution in [0, 0.1) is 0 Å². The number of likely N-dealkylation sites (tertiary alicyclic amines) is 1. The van der Waals surface area contributed by atoms with Gasteiger partial charge in [-0.3, -0.25) is 9.69 Å². The standard InChI is InChI=1S/C31H34ClN5O3/c1-21(38)33-25-9-10-29-28(17-25)34-30(37(29)18-26-13-16-39-26)19-36-14-11-23(12-15-36)27-3-2-4-31(35-27)40-20-22-5-7-24(32)8-6-22/h2-10,17,23,26H,11-16,18-20H2,1H3,(H,33,38). The van der Waals surface area contributed by atoms with Gasteiger partial charge in [-0.1, -0.05) is 29.8 Å². The summed E-state index contributed by atoms with van der Waals surface area (Å²) in [6.45, 7) is 6.34. The topological polar surface area (TPSA) is 81.5 Å². The van der Waals surface area contributed by atoms with Crippen molar-refractivity contribution in [3.8, 4) is 5.88 Å². The predicted molar refractivity (Wildman–Crippen MR) is 156 cm³/mol. The molecule has 2 aliphatic rings. The lowest BCUT2D eigenvalue weighted by Crippen LogP contribution is -2.35. The number of benzene rings is 2. The Hall–Kier alpha value is -3.46. The van der Waals surface area contributed by atoms with E-state index >= 15 is 0 Å². The molecule has 0 radical (unpaired) electrons. The van der Waals surface area contributed by atoms with E-state index in [-0.39, 0.29) is 12.0 Å². The van der Waals surface area contributed by atoms with E-state index in [0.29, 0.717) is 18.4 Å². The van der Waals surface area contributed by atoms with Crippen LogP contribution in [0.25, 0.3) is 11.0 Å². The van der Waals surface area contributed by atoms with E-state index < -0.39 is 0 Å². The predicted octanol–water partition coefficient (Wildman–Crippen LogP) is 5.79. The number of carbonyl (C=O) groups excluding carboxylic acids is 1. The minimum atomic E-state index is -0.0853. The molecule has 1 unspecified atom stereocenters. The van der Waals surface area contributed by atoms with Gasteiger partial charge in [-0.25, -0.2) is 9.97 Å². The first-order chi connectivity index (χ1) is 19.5. The van der Waals surface area contributed by atoms with Gasteiger partial charge < -0.3 is 19.4 Å². The van der Waals surface area contributed by atoms with Crippen LogP contribution in [-0.4, -0.2) is 51.1 Å². The highest BCUT2D eigenvalue weighted by molar-refractivity contribution is 6.30. The van der Waals surface area contributed by atoms with Crippen molar-refractivity contribution in [3.05, 3.63) is 82.8 Å². The number of halogens is 1. The van der Waals surface area contributed by atoms with Crippen LogP contribution in [-0.2, 0) is 29.2 Å². The van der Waals surface area contributed by atoms with E-state index in [1.807, 2.05) is 48.5 Å². The Morgan fingerprint density at radius 1 is 1.07 bits per heavy atom. The van der Waals surface area contributed by atoms with Crippen molar-refractivity contribution in [2.24, 2.45) is 0 Å². The van der Waals surface area contributed by atoms with Crippen molar-refractivity contribution in [1.29, 1.82) is 0 Å². The number of ether oxygens (including phenoxy) is 2. The number of nitrogens with zero attached hydrogens (tertiary/aromatic N) is 4. The first-order valence-electron chi connectivity index (χ1n) is 13.9. The fourth-order valence-corrected chi connectivity index (χ4v) is 5.61. The van der Waals surface area contributed by atoms with Crippen molar-refractivity contribution in [2.45, 2.75) is 57.9 Å². The van der Waals surface area contributed by atoms with Gasteiger partial charge in [0.1, 0.15) is 12.4 Å². The molecule has 2 aromatic heterocycles. The van der Waals surface area contributed by atoms with Gasteiger partial charge in [0.15, 0.2) is 0 Å². The lowest BCUT2D eigenvalue weighted by Gasteiger charge is -2.32. The Balaban J connectivity index is 1.10. The number of anilines is 1. The molecule has 208 valence electrons. The molecular formula is C31H34ClN5O3. The van der Waals surface area contributed by atoms with Crippen molar-refractivity contribution in [2.75, 3.05) is 25.0 Å². The zero-order chi connectivity index (χ0) is 27.5. The zero-order valence-corrected chi connectivity index (χ0v) is 23.4. The molecule has 2 saturated heterocycles. The van der Waals surface area contributed by atoms with Gasteiger partial charge >= 0.3 is 0 Å². The highest BCUT2D eigenvalue weighted by Gasteiger charge is 2.26. The molecule has 6 rings (SSSR count). The van der Waals surface area contributed by atoms with E-state index in [2.05, 4.69) is 26.9 Å². The SMILES string of the molecule is CC(=O)Nc1ccc2c(c1)nc(CN1CCC(c3cccc(OCc4ccc(Cl)cc4)n3)CC1)n2CC1CCO1. The second kappa shape index (κ2) is 12.0. The second-order valence-corrected chi connectivity index (χ2v) is 11.1. The van der Waals surface area contributed by atoms with Crippen LogP contribution in [0.5, 0.6) is 5.88 Å². The largest absolute Gasteiger partial charge is 0.473 e. The molecule has 0 aliphatic carbocycles. The molecule has 8 nitrogen and oxygen atoms in total. The van der Waals surface area contributed by atoms with Crippen molar-refractivity contribution in [1.82, 2.24) is 19.4 Å². The summed E-state index contributed by atoms with van der Waals surface area (Å²) in [5.74, 6) is 2.01. The molecule has 0 saturated carbocycles. The smallest absolute Gasteiger partial charge is 0.221 e. The van der Waals surface area contributed by atoms with E-state index in [9.17, 15) is 4.79 Å². The molecule has 2 aliphatic heterocycles. The van der Waals surface area contributed by atoms with Crippen LogP contribution in [0.4, 0.5) is 5.69 Å². The van der Waals surface area contributed by atoms with Crippen LogP contribution in [0.15, 0.2) is 60.7 Å². The summed E-state index contributed by atoms with van der Waals surface area (Å²) in [5.41, 5.74) is 4.90. The summed E-state index contributed by atoms with van der Waals surface area (Å²) in [6.07, 6.45) is 3.37. The van der Waals surface area contributed by atoms with Gasteiger partial charge in [0.05, 0.1) is 30.2 Å². The zero-order valence-electron chi connectivity index (χ0n) is 22.7. The van der Waals surface area contributed by atoms with Crippen molar-refractivity contribution in [3.63, 3.8) is 0 Å². The van der Waals surface area contributed by atoms with Gasteiger partial charge in [0, 0.05) is 41.9 Å². The number of hydrogen-bond donors (Lipinski definition) is 1. The Kier molecular flexibility index (Phi) is 8.00. The highest BCUT2D eigenvalue weighted by atomic mass is 35.5. The third kappa shape index (κ3) is 6.30. The quantitative estimate of drug-likeness (QED) is 0.279. The molecule has 2 aromatic carbocycles. The molecule has 1 N–H and O–H groups in total. The molecule has 9 heteroatoms. The monoisotopic (exact) mass is 559 g/mol. The maximum Gasteiger partial charge on any atom is 0.221 e. The normalized spacial score (nSPS) is 18.0. The van der Waals surface area contributed by atoms with E-state index in [4.69, 9.17) is 31.0 Å². The van der Waals surface area contributed by atoms with Gasteiger partial charge in [-0.15, -0.1) is 0 Å². The molecule has 0 bridgehead atoms. The third-order valence-electron chi connectivity index (χ3n) is 7.74. The number of nitrogens with one attached hydrogen (secondary N) is 1. The number of amides is 1. The van der Waals surface area contributed by atoms with Gasteiger partial charge in [0.2, 0.25) is 11.8 Å². The maximum absolute atomic E-state index is 11.5. The molecule has 40 heavy (non-hydrogen) atoms. The fourth-order valence-electron chi connectivity index (χ4n) is 5.48. The lowest BCUT2D eigenvalue weighted by molar-refractivity contribution is -0.114. The Bertz CT molecular complexity index is 1480. The summed E-state index contributed by atoms with van der Waals surface area (Å²) in [4.78, 5) is 23.9. The summed E-state index contributed by atoms with van der Waals surface area (Å²) < 4.78 is 14.0. The van der Waals surface area contributed by atoms with E-state index in [0.717, 1.165) is 90.9 Å². The number of fused-ring (bicyclic) bond motifs is 1. The van der Waals surface area contributed by atoms with Crippen LogP contribution in [0.1, 0.15) is 49.2 Å². The molecular weight excluding hydrogens is 526 g/mol. The number of pyridine rings is 1. The average molecular weight is 560 g/mol. The van der Waals surface area contributed by atoms with Crippen molar-refractivity contribution >= 4 is 34.2 Å². The Morgan fingerprint density at radius 3 is 2.60 bits per heavy atom. The number of rotatable bonds is 9. The number of piperidine rings is 1. The number of hydrogen-bond acceptors (Lipinski definition) is 6. The maximum atomic E-state index is 11.5.